The predicted molar refractivity (Wildman–Crippen MR) is 74.7 cm³/mol. The Morgan fingerprint density at radius 1 is 1.30 bits per heavy atom. The van der Waals surface area contributed by atoms with Crippen molar-refractivity contribution in [3.63, 3.8) is 0 Å². The van der Waals surface area contributed by atoms with Crippen molar-refractivity contribution in [1.82, 2.24) is 4.31 Å². The van der Waals surface area contributed by atoms with E-state index in [9.17, 15) is 13.2 Å². The molecule has 0 atom stereocenters. The number of methoxy groups -OCH3 is 2. The van der Waals surface area contributed by atoms with E-state index in [-0.39, 0.29) is 15.1 Å². The Kier molecular flexibility index (Phi) is 5.37. The summed E-state index contributed by atoms with van der Waals surface area (Å²) >= 11 is 3.13. The van der Waals surface area contributed by atoms with Gasteiger partial charge in [0.05, 0.1) is 14.2 Å². The van der Waals surface area contributed by atoms with Crippen molar-refractivity contribution in [1.29, 1.82) is 0 Å². The zero-order chi connectivity index (χ0) is 15.5. The van der Waals surface area contributed by atoms with Gasteiger partial charge in [0.1, 0.15) is 11.4 Å². The van der Waals surface area contributed by atoms with Crippen molar-refractivity contribution < 1.29 is 27.8 Å². The van der Waals surface area contributed by atoms with Crippen LogP contribution in [0.25, 0.3) is 0 Å². The molecule has 1 aromatic rings. The number of rotatable bonds is 6. The van der Waals surface area contributed by atoms with E-state index in [0.29, 0.717) is 5.75 Å². The fourth-order valence-corrected chi connectivity index (χ4v) is 3.59. The molecule has 0 spiro atoms. The van der Waals surface area contributed by atoms with E-state index >= 15 is 0 Å². The molecule has 9 heteroatoms. The first kappa shape index (κ1) is 16.7. The molecule has 0 aliphatic carbocycles. The standard InChI is InChI=1S/C11H14BrNO6S/c1-13(6-11(14)15)20(16,17)10-5-9(19-3)8(18-2)4-7(10)12/h4-5H,6H2,1-3H3,(H,14,15). The Morgan fingerprint density at radius 2 is 1.80 bits per heavy atom. The van der Waals surface area contributed by atoms with E-state index < -0.39 is 22.5 Å². The summed E-state index contributed by atoms with van der Waals surface area (Å²) in [6, 6.07) is 2.72. The second kappa shape index (κ2) is 6.42. The van der Waals surface area contributed by atoms with E-state index in [1.54, 1.807) is 0 Å². The van der Waals surface area contributed by atoms with Crippen LogP contribution < -0.4 is 9.47 Å². The van der Waals surface area contributed by atoms with Gasteiger partial charge in [0.15, 0.2) is 11.5 Å². The Hall–Kier alpha value is -1.32. The summed E-state index contributed by atoms with van der Waals surface area (Å²) in [7, 11) is 0.0386. The molecule has 0 saturated carbocycles. The molecule has 1 N–H and O–H groups in total. The van der Waals surface area contributed by atoms with Gasteiger partial charge in [0, 0.05) is 17.6 Å². The second-order valence-electron chi connectivity index (χ2n) is 3.79. The minimum atomic E-state index is -3.95. The zero-order valence-electron chi connectivity index (χ0n) is 11.1. The van der Waals surface area contributed by atoms with Gasteiger partial charge >= 0.3 is 5.97 Å². The highest BCUT2D eigenvalue weighted by molar-refractivity contribution is 9.10. The van der Waals surface area contributed by atoms with Gasteiger partial charge in [-0.2, -0.15) is 4.31 Å². The topological polar surface area (TPSA) is 93.1 Å². The molecule has 1 rings (SSSR count). The lowest BCUT2D eigenvalue weighted by Gasteiger charge is -2.17. The number of benzene rings is 1. The maximum absolute atomic E-state index is 12.3. The third-order valence-electron chi connectivity index (χ3n) is 2.48. The normalized spacial score (nSPS) is 11.4. The summed E-state index contributed by atoms with van der Waals surface area (Å²) in [6.45, 7) is -0.636. The highest BCUT2D eigenvalue weighted by Gasteiger charge is 2.27. The first-order valence-electron chi connectivity index (χ1n) is 5.33. The van der Waals surface area contributed by atoms with Gasteiger partial charge in [-0.15, -0.1) is 0 Å². The van der Waals surface area contributed by atoms with Gasteiger partial charge in [-0.05, 0) is 22.0 Å². The Morgan fingerprint density at radius 3 is 2.25 bits per heavy atom. The van der Waals surface area contributed by atoms with Crippen LogP contribution in [-0.2, 0) is 14.8 Å². The van der Waals surface area contributed by atoms with Crippen molar-refractivity contribution in [3.8, 4) is 11.5 Å². The minimum absolute atomic E-state index is 0.0982. The average molecular weight is 368 g/mol. The first-order valence-corrected chi connectivity index (χ1v) is 7.57. The largest absolute Gasteiger partial charge is 0.493 e. The molecule has 20 heavy (non-hydrogen) atoms. The summed E-state index contributed by atoms with van der Waals surface area (Å²) in [4.78, 5) is 10.5. The third kappa shape index (κ3) is 3.41. The highest BCUT2D eigenvalue weighted by atomic mass is 79.9. The van der Waals surface area contributed by atoms with Crippen LogP contribution in [0, 0.1) is 0 Å². The number of nitrogens with zero attached hydrogens (tertiary/aromatic N) is 1. The van der Waals surface area contributed by atoms with Crippen LogP contribution in [0.1, 0.15) is 0 Å². The first-order chi connectivity index (χ1) is 9.23. The average Bonchev–Trinajstić information content (AvgIpc) is 2.37. The molecular formula is C11H14BrNO6S. The number of carbonyl (C=O) groups is 1. The number of likely N-dealkylation sites (N-methyl/N-ethyl adjacent to an activating group) is 1. The molecule has 0 heterocycles. The van der Waals surface area contributed by atoms with Gasteiger partial charge in [-0.1, -0.05) is 0 Å². The predicted octanol–water partition coefficient (Wildman–Crippen LogP) is 1.17. The molecular weight excluding hydrogens is 354 g/mol. The van der Waals surface area contributed by atoms with Crippen molar-refractivity contribution in [2.45, 2.75) is 4.90 Å². The van der Waals surface area contributed by atoms with Crippen molar-refractivity contribution in [2.24, 2.45) is 0 Å². The van der Waals surface area contributed by atoms with Gasteiger partial charge in [0.2, 0.25) is 10.0 Å². The fourth-order valence-electron chi connectivity index (χ4n) is 1.48. The van der Waals surface area contributed by atoms with Gasteiger partial charge in [-0.3, -0.25) is 4.79 Å². The van der Waals surface area contributed by atoms with Crippen LogP contribution in [0.2, 0.25) is 0 Å². The Bertz CT molecular complexity index is 616. The van der Waals surface area contributed by atoms with E-state index in [1.807, 2.05) is 0 Å². The Labute approximate surface area is 125 Å². The molecule has 1 aromatic carbocycles. The fraction of sp³-hybridized carbons (Fsp3) is 0.364. The number of hydrogen-bond donors (Lipinski definition) is 1. The van der Waals surface area contributed by atoms with Crippen LogP contribution in [0.3, 0.4) is 0 Å². The molecule has 0 aliphatic heterocycles. The molecule has 0 amide bonds. The van der Waals surface area contributed by atoms with E-state index in [2.05, 4.69) is 15.9 Å². The maximum atomic E-state index is 12.3. The SMILES string of the molecule is COc1cc(Br)c(S(=O)(=O)N(C)CC(=O)O)cc1OC. The van der Waals surface area contributed by atoms with E-state index in [1.165, 1.54) is 33.4 Å². The van der Waals surface area contributed by atoms with Crippen LogP contribution in [0.4, 0.5) is 0 Å². The number of carboxylic acid groups (broad SMARTS) is 1. The number of hydrogen-bond acceptors (Lipinski definition) is 5. The second-order valence-corrected chi connectivity index (χ2v) is 6.66. The lowest BCUT2D eigenvalue weighted by molar-refractivity contribution is -0.137. The van der Waals surface area contributed by atoms with Crippen LogP contribution >= 0.6 is 15.9 Å². The molecule has 112 valence electrons. The number of ether oxygens (including phenoxy) is 2. The lowest BCUT2D eigenvalue weighted by Crippen LogP contribution is -2.32. The summed E-state index contributed by atoms with van der Waals surface area (Å²) < 4.78 is 35.7. The molecule has 0 bridgehead atoms. The molecule has 0 fully saturated rings. The van der Waals surface area contributed by atoms with Gasteiger partial charge in [-0.25, -0.2) is 8.42 Å². The van der Waals surface area contributed by atoms with E-state index in [0.717, 1.165) is 4.31 Å². The summed E-state index contributed by atoms with van der Waals surface area (Å²) in [5.41, 5.74) is 0. The molecule has 0 radical (unpaired) electrons. The monoisotopic (exact) mass is 367 g/mol. The number of aliphatic carboxylic acids is 1. The van der Waals surface area contributed by atoms with Gasteiger partial charge in [0.25, 0.3) is 0 Å². The smallest absolute Gasteiger partial charge is 0.318 e. The molecule has 7 nitrogen and oxygen atoms in total. The molecule has 0 aliphatic rings. The van der Waals surface area contributed by atoms with E-state index in [4.69, 9.17) is 14.6 Å². The number of carboxylic acids is 1. The zero-order valence-corrected chi connectivity index (χ0v) is 13.5. The number of halogens is 1. The molecule has 0 aromatic heterocycles. The molecule has 0 saturated heterocycles. The lowest BCUT2D eigenvalue weighted by atomic mass is 10.3. The van der Waals surface area contributed by atoms with Crippen molar-refractivity contribution >= 4 is 31.9 Å². The van der Waals surface area contributed by atoms with Crippen LogP contribution in [0.5, 0.6) is 11.5 Å². The van der Waals surface area contributed by atoms with Crippen molar-refractivity contribution in [2.75, 3.05) is 27.8 Å². The van der Waals surface area contributed by atoms with Crippen LogP contribution in [0.15, 0.2) is 21.5 Å². The Balaban J connectivity index is 3.35. The quantitative estimate of drug-likeness (QED) is 0.810. The maximum Gasteiger partial charge on any atom is 0.318 e. The van der Waals surface area contributed by atoms with Gasteiger partial charge < -0.3 is 14.6 Å². The summed E-state index contributed by atoms with van der Waals surface area (Å²) in [5, 5.41) is 8.68. The molecule has 0 unspecified atom stereocenters. The summed E-state index contributed by atoms with van der Waals surface area (Å²) in [5.74, 6) is -0.648. The van der Waals surface area contributed by atoms with Crippen LogP contribution in [-0.4, -0.2) is 51.6 Å². The third-order valence-corrected chi connectivity index (χ3v) is 5.25. The summed E-state index contributed by atoms with van der Waals surface area (Å²) in [6.07, 6.45) is 0. The highest BCUT2D eigenvalue weighted by Crippen LogP contribution is 2.36. The van der Waals surface area contributed by atoms with Crippen molar-refractivity contribution in [3.05, 3.63) is 16.6 Å². The number of sulfonamides is 1. The minimum Gasteiger partial charge on any atom is -0.493 e.